The number of aryl methyl sites for hydroxylation is 2. The van der Waals surface area contributed by atoms with Crippen LogP contribution < -0.4 is 10.3 Å². The van der Waals surface area contributed by atoms with E-state index in [9.17, 15) is 4.79 Å². The van der Waals surface area contributed by atoms with Gasteiger partial charge in [0.15, 0.2) is 5.43 Å². The lowest BCUT2D eigenvalue weighted by atomic mass is 10.0. The van der Waals surface area contributed by atoms with Crippen molar-refractivity contribution in [2.75, 3.05) is 0 Å². The van der Waals surface area contributed by atoms with Crippen LogP contribution in [-0.2, 0) is 19.6 Å². The summed E-state index contributed by atoms with van der Waals surface area (Å²) in [6.45, 7) is 6.50. The molecule has 1 heterocycles. The fourth-order valence-electron chi connectivity index (χ4n) is 4.04. The zero-order chi connectivity index (χ0) is 20.2. The fraction of sp³-hybridized carbons (Fsp3) is 0.192. The molecule has 3 nitrogen and oxygen atoms in total. The van der Waals surface area contributed by atoms with Crippen LogP contribution in [0.15, 0.2) is 83.7 Å². The fourth-order valence-corrected chi connectivity index (χ4v) is 4.04. The van der Waals surface area contributed by atoms with E-state index in [1.54, 1.807) is 0 Å². The highest BCUT2D eigenvalue weighted by atomic mass is 16.1. The Hall–Kier alpha value is -3.17. The van der Waals surface area contributed by atoms with Gasteiger partial charge in [-0.3, -0.25) is 4.79 Å². The number of fused-ring (bicyclic) bond motifs is 1. The van der Waals surface area contributed by atoms with Crippen LogP contribution in [0.25, 0.3) is 10.9 Å². The molecule has 3 aromatic carbocycles. The van der Waals surface area contributed by atoms with Gasteiger partial charge in [-0.2, -0.15) is 0 Å². The minimum atomic E-state index is 0.151. The second kappa shape index (κ2) is 8.46. The van der Waals surface area contributed by atoms with Crippen molar-refractivity contribution >= 4 is 10.9 Å². The number of hydrogen-bond acceptors (Lipinski definition) is 1. The molecule has 0 bridgehead atoms. The predicted octanol–water partition coefficient (Wildman–Crippen LogP) is 3.93. The Morgan fingerprint density at radius 3 is 1.90 bits per heavy atom. The summed E-state index contributed by atoms with van der Waals surface area (Å²) in [5.74, 6) is 0. The molecule has 0 aliphatic carbocycles. The topological polar surface area (TPSA) is 37.3 Å². The lowest BCUT2D eigenvalue weighted by Gasteiger charge is -2.21. The van der Waals surface area contributed by atoms with Crippen LogP contribution in [0.4, 0.5) is 0 Å². The molecule has 4 aromatic rings. The summed E-state index contributed by atoms with van der Waals surface area (Å²) in [5.41, 5.74) is 6.62. The summed E-state index contributed by atoms with van der Waals surface area (Å²) in [5, 5.41) is 0.782. The van der Waals surface area contributed by atoms with Crippen molar-refractivity contribution in [2.45, 2.75) is 33.5 Å². The number of benzene rings is 3. The van der Waals surface area contributed by atoms with E-state index in [0.29, 0.717) is 6.54 Å². The third-order valence-electron chi connectivity index (χ3n) is 5.58. The molecule has 0 atom stereocenters. The lowest BCUT2D eigenvalue weighted by molar-refractivity contribution is -0.941. The van der Waals surface area contributed by atoms with Crippen molar-refractivity contribution in [3.05, 3.63) is 117 Å². The molecule has 4 rings (SSSR count). The smallest absolute Gasteiger partial charge is 0.198 e. The first-order chi connectivity index (χ1) is 14.1. The SMILES string of the molecule is Cc1[nH]c2c(C)cccc2c(=O)c1C[NH+](Cc1ccccc1)Cc1ccccc1. The molecule has 0 saturated carbocycles. The molecule has 0 radical (unpaired) electrons. The van der Waals surface area contributed by atoms with Gasteiger partial charge in [0.1, 0.15) is 19.6 Å². The Morgan fingerprint density at radius 2 is 1.31 bits per heavy atom. The Balaban J connectivity index is 1.71. The van der Waals surface area contributed by atoms with Crippen molar-refractivity contribution in [1.82, 2.24) is 4.98 Å². The average molecular weight is 384 g/mol. The number of hydrogen-bond donors (Lipinski definition) is 2. The van der Waals surface area contributed by atoms with E-state index in [0.717, 1.165) is 40.8 Å². The van der Waals surface area contributed by atoms with Crippen molar-refractivity contribution in [3.63, 3.8) is 0 Å². The molecule has 0 unspecified atom stereocenters. The van der Waals surface area contributed by atoms with Gasteiger partial charge in [-0.05, 0) is 25.5 Å². The molecule has 1 aromatic heterocycles. The van der Waals surface area contributed by atoms with Gasteiger partial charge in [0.2, 0.25) is 0 Å². The number of pyridine rings is 1. The minimum absolute atomic E-state index is 0.151. The van der Waals surface area contributed by atoms with Crippen LogP contribution >= 0.6 is 0 Å². The van der Waals surface area contributed by atoms with Gasteiger partial charge in [-0.15, -0.1) is 0 Å². The molecule has 0 spiro atoms. The number of rotatable bonds is 6. The molecule has 0 fully saturated rings. The minimum Gasteiger partial charge on any atom is -0.358 e. The molecule has 2 N–H and O–H groups in total. The van der Waals surface area contributed by atoms with E-state index in [4.69, 9.17) is 0 Å². The Morgan fingerprint density at radius 1 is 0.724 bits per heavy atom. The summed E-state index contributed by atoms with van der Waals surface area (Å²) in [7, 11) is 0. The van der Waals surface area contributed by atoms with Gasteiger partial charge < -0.3 is 9.88 Å². The summed E-state index contributed by atoms with van der Waals surface area (Å²) < 4.78 is 0. The third kappa shape index (κ3) is 4.30. The molecule has 0 aliphatic heterocycles. The van der Waals surface area contributed by atoms with Gasteiger partial charge in [0, 0.05) is 22.2 Å². The van der Waals surface area contributed by atoms with Crippen molar-refractivity contribution in [1.29, 1.82) is 0 Å². The molecule has 29 heavy (non-hydrogen) atoms. The Bertz CT molecular complexity index is 1120. The lowest BCUT2D eigenvalue weighted by Crippen LogP contribution is -3.08. The largest absolute Gasteiger partial charge is 0.358 e. The maximum absolute atomic E-state index is 13.3. The van der Waals surface area contributed by atoms with Gasteiger partial charge in [-0.1, -0.05) is 72.8 Å². The average Bonchev–Trinajstić information content (AvgIpc) is 2.73. The van der Waals surface area contributed by atoms with Crippen LogP contribution in [0, 0.1) is 13.8 Å². The zero-order valence-corrected chi connectivity index (χ0v) is 17.0. The van der Waals surface area contributed by atoms with Crippen LogP contribution in [0.3, 0.4) is 0 Å². The third-order valence-corrected chi connectivity index (χ3v) is 5.58. The second-order valence-corrected chi connectivity index (χ2v) is 7.81. The van der Waals surface area contributed by atoms with E-state index in [1.165, 1.54) is 16.0 Å². The highest BCUT2D eigenvalue weighted by Gasteiger charge is 2.18. The molecular formula is C26H27N2O+. The molecular weight excluding hydrogens is 356 g/mol. The standard InChI is InChI=1S/C26H26N2O/c1-19-10-9-15-23-25(19)27-20(2)24(26(23)29)18-28(16-21-11-5-3-6-12-21)17-22-13-7-4-8-14-22/h3-15H,16-18H2,1-2H3,(H,27,29)/p+1. The van der Waals surface area contributed by atoms with Gasteiger partial charge in [-0.25, -0.2) is 0 Å². The van der Waals surface area contributed by atoms with Crippen LogP contribution in [0.2, 0.25) is 0 Å². The number of aromatic amines is 1. The van der Waals surface area contributed by atoms with Crippen molar-refractivity contribution < 1.29 is 4.90 Å². The maximum atomic E-state index is 13.3. The highest BCUT2D eigenvalue weighted by molar-refractivity contribution is 5.82. The van der Waals surface area contributed by atoms with E-state index in [1.807, 2.05) is 44.2 Å². The van der Waals surface area contributed by atoms with Crippen molar-refractivity contribution in [3.8, 4) is 0 Å². The number of H-pyrrole nitrogens is 1. The van der Waals surface area contributed by atoms with E-state index in [-0.39, 0.29) is 5.43 Å². The monoisotopic (exact) mass is 383 g/mol. The van der Waals surface area contributed by atoms with E-state index >= 15 is 0 Å². The number of quaternary nitrogens is 1. The van der Waals surface area contributed by atoms with Gasteiger partial charge in [0.25, 0.3) is 0 Å². The first-order valence-corrected chi connectivity index (χ1v) is 10.1. The molecule has 0 saturated heterocycles. The Labute approximate surface area is 171 Å². The van der Waals surface area contributed by atoms with Crippen LogP contribution in [0.5, 0.6) is 0 Å². The quantitative estimate of drug-likeness (QED) is 0.520. The molecule has 0 aliphatic rings. The summed E-state index contributed by atoms with van der Waals surface area (Å²) in [6.07, 6.45) is 0. The normalized spacial score (nSPS) is 11.3. The predicted molar refractivity (Wildman–Crippen MR) is 119 cm³/mol. The summed E-state index contributed by atoms with van der Waals surface area (Å²) in [4.78, 5) is 18.1. The van der Waals surface area contributed by atoms with Gasteiger partial charge in [0.05, 0.1) is 11.1 Å². The summed E-state index contributed by atoms with van der Waals surface area (Å²) >= 11 is 0. The Kier molecular flexibility index (Phi) is 5.59. The van der Waals surface area contributed by atoms with E-state index < -0.39 is 0 Å². The van der Waals surface area contributed by atoms with Crippen LogP contribution in [0.1, 0.15) is 27.9 Å². The number of para-hydroxylation sites is 1. The zero-order valence-electron chi connectivity index (χ0n) is 17.0. The molecule has 146 valence electrons. The van der Waals surface area contributed by atoms with E-state index in [2.05, 4.69) is 53.5 Å². The first kappa shape index (κ1) is 19.2. The highest BCUT2D eigenvalue weighted by Crippen LogP contribution is 2.15. The number of nitrogens with one attached hydrogen (secondary N) is 2. The van der Waals surface area contributed by atoms with Crippen molar-refractivity contribution in [2.24, 2.45) is 0 Å². The van der Waals surface area contributed by atoms with Gasteiger partial charge >= 0.3 is 0 Å². The molecule has 3 heteroatoms. The maximum Gasteiger partial charge on any atom is 0.198 e. The number of aromatic nitrogens is 1. The second-order valence-electron chi connectivity index (χ2n) is 7.81. The van der Waals surface area contributed by atoms with Crippen LogP contribution in [-0.4, -0.2) is 4.98 Å². The first-order valence-electron chi connectivity index (χ1n) is 10.1. The summed E-state index contributed by atoms with van der Waals surface area (Å²) in [6, 6.07) is 27.0. The molecule has 0 amide bonds.